The summed E-state index contributed by atoms with van der Waals surface area (Å²) in [4.78, 5) is 26.0. The van der Waals surface area contributed by atoms with Crippen molar-refractivity contribution in [3.63, 3.8) is 0 Å². The Morgan fingerprint density at radius 2 is 1.97 bits per heavy atom. The Balaban J connectivity index is 1.52. The first-order chi connectivity index (χ1) is 16.0. The fourth-order valence-corrected chi connectivity index (χ4v) is 4.43. The number of fused-ring (bicyclic) bond motifs is 1. The highest BCUT2D eigenvalue weighted by molar-refractivity contribution is 5.97. The van der Waals surface area contributed by atoms with Crippen molar-refractivity contribution in [3.05, 3.63) is 94.3 Å². The average Bonchev–Trinajstić information content (AvgIpc) is 3.49. The monoisotopic (exact) mass is 446 g/mol. The molecule has 1 saturated carbocycles. The molecule has 168 valence electrons. The molecule has 2 atom stereocenters. The zero-order valence-electron chi connectivity index (χ0n) is 17.8. The number of aliphatic hydroxyl groups excluding tert-OH is 1. The lowest BCUT2D eigenvalue weighted by Gasteiger charge is -2.18. The van der Waals surface area contributed by atoms with Crippen molar-refractivity contribution in [2.24, 2.45) is 0 Å². The summed E-state index contributed by atoms with van der Waals surface area (Å²) in [5, 5.41) is 17.2. The molecule has 2 aromatic carbocycles. The summed E-state index contributed by atoms with van der Waals surface area (Å²) < 4.78 is 18.1. The summed E-state index contributed by atoms with van der Waals surface area (Å²) in [6, 6.07) is 13.3. The SMILES string of the molecule is O=C(N[C@H]1CCC[C@@H]1O)c1cn(Cc2ccc(-n3cccn3)cc2)c2c(F)cccc2c1=O. The Kier molecular flexibility index (Phi) is 5.51. The Labute approximate surface area is 189 Å². The molecular weight excluding hydrogens is 423 g/mol. The number of nitrogens with one attached hydrogen (secondary N) is 1. The van der Waals surface area contributed by atoms with Crippen molar-refractivity contribution < 1.29 is 14.3 Å². The molecule has 4 aromatic rings. The van der Waals surface area contributed by atoms with Gasteiger partial charge in [-0.3, -0.25) is 9.59 Å². The molecule has 5 rings (SSSR count). The lowest BCUT2D eigenvalue weighted by Crippen LogP contribution is -2.41. The maximum atomic E-state index is 14.8. The van der Waals surface area contributed by atoms with Crippen molar-refractivity contribution in [1.29, 1.82) is 0 Å². The smallest absolute Gasteiger partial charge is 0.257 e. The van der Waals surface area contributed by atoms with Gasteiger partial charge in [0, 0.05) is 30.5 Å². The van der Waals surface area contributed by atoms with Crippen LogP contribution in [0.25, 0.3) is 16.6 Å². The molecule has 1 fully saturated rings. The van der Waals surface area contributed by atoms with Crippen molar-refractivity contribution in [3.8, 4) is 5.69 Å². The van der Waals surface area contributed by atoms with Crippen molar-refractivity contribution >= 4 is 16.8 Å². The predicted octanol–water partition coefficient (Wildman–Crippen LogP) is 3.02. The molecule has 1 aliphatic rings. The number of halogens is 1. The van der Waals surface area contributed by atoms with Gasteiger partial charge in [0.1, 0.15) is 11.4 Å². The van der Waals surface area contributed by atoms with E-state index in [-0.39, 0.29) is 29.1 Å². The summed E-state index contributed by atoms with van der Waals surface area (Å²) in [7, 11) is 0. The molecule has 2 N–H and O–H groups in total. The van der Waals surface area contributed by atoms with Gasteiger partial charge >= 0.3 is 0 Å². The van der Waals surface area contributed by atoms with E-state index < -0.39 is 23.3 Å². The Morgan fingerprint density at radius 1 is 1.15 bits per heavy atom. The quantitative estimate of drug-likeness (QED) is 0.493. The number of amides is 1. The molecule has 0 spiro atoms. The maximum absolute atomic E-state index is 14.8. The zero-order valence-corrected chi connectivity index (χ0v) is 17.8. The second kappa shape index (κ2) is 8.63. The highest BCUT2D eigenvalue weighted by Crippen LogP contribution is 2.21. The van der Waals surface area contributed by atoms with Gasteiger partial charge in [-0.2, -0.15) is 5.10 Å². The summed E-state index contributed by atoms with van der Waals surface area (Å²) in [5.41, 5.74) is 1.31. The Hall–Kier alpha value is -3.78. The van der Waals surface area contributed by atoms with E-state index in [1.807, 2.05) is 36.5 Å². The first-order valence-corrected chi connectivity index (χ1v) is 10.9. The molecular formula is C25H23FN4O3. The summed E-state index contributed by atoms with van der Waals surface area (Å²) in [6.07, 6.45) is 6.41. The minimum Gasteiger partial charge on any atom is -0.391 e. The van der Waals surface area contributed by atoms with Crippen LogP contribution in [0.15, 0.2) is 71.9 Å². The highest BCUT2D eigenvalue weighted by atomic mass is 19.1. The van der Waals surface area contributed by atoms with Crippen molar-refractivity contribution in [2.45, 2.75) is 38.0 Å². The van der Waals surface area contributed by atoms with Gasteiger partial charge < -0.3 is 15.0 Å². The van der Waals surface area contributed by atoms with Crippen LogP contribution in [0, 0.1) is 5.82 Å². The van der Waals surface area contributed by atoms with Gasteiger partial charge in [-0.25, -0.2) is 9.07 Å². The van der Waals surface area contributed by atoms with Crippen LogP contribution >= 0.6 is 0 Å². The third-order valence-corrected chi connectivity index (χ3v) is 6.15. The van der Waals surface area contributed by atoms with Crippen LogP contribution in [0.3, 0.4) is 0 Å². The minimum absolute atomic E-state index is 0.0691. The summed E-state index contributed by atoms with van der Waals surface area (Å²) >= 11 is 0. The van der Waals surface area contributed by atoms with E-state index in [2.05, 4.69) is 10.4 Å². The molecule has 0 aliphatic heterocycles. The normalized spacial score (nSPS) is 18.0. The molecule has 7 nitrogen and oxygen atoms in total. The van der Waals surface area contributed by atoms with Crippen LogP contribution in [0.4, 0.5) is 4.39 Å². The molecule has 0 saturated heterocycles. The predicted molar refractivity (Wildman–Crippen MR) is 122 cm³/mol. The second-order valence-electron chi connectivity index (χ2n) is 8.33. The van der Waals surface area contributed by atoms with Crippen LogP contribution in [0.5, 0.6) is 0 Å². The number of carbonyl (C=O) groups is 1. The van der Waals surface area contributed by atoms with Crippen LogP contribution in [-0.2, 0) is 6.54 Å². The van der Waals surface area contributed by atoms with Gasteiger partial charge in [-0.1, -0.05) is 18.2 Å². The van der Waals surface area contributed by atoms with Gasteiger partial charge in [-0.05, 0) is 55.2 Å². The largest absolute Gasteiger partial charge is 0.391 e. The lowest BCUT2D eigenvalue weighted by molar-refractivity contribution is 0.0871. The van der Waals surface area contributed by atoms with Crippen LogP contribution in [0.1, 0.15) is 35.2 Å². The maximum Gasteiger partial charge on any atom is 0.257 e. The highest BCUT2D eigenvalue weighted by Gasteiger charge is 2.28. The third-order valence-electron chi connectivity index (χ3n) is 6.15. The topological polar surface area (TPSA) is 89.2 Å². The van der Waals surface area contributed by atoms with Crippen molar-refractivity contribution in [1.82, 2.24) is 19.7 Å². The number of hydrogen-bond donors (Lipinski definition) is 2. The number of aliphatic hydroxyl groups is 1. The molecule has 1 aliphatic carbocycles. The molecule has 0 bridgehead atoms. The number of aromatic nitrogens is 3. The van der Waals surface area contributed by atoms with Crippen LogP contribution < -0.4 is 10.7 Å². The van der Waals surface area contributed by atoms with E-state index >= 15 is 0 Å². The van der Waals surface area contributed by atoms with Gasteiger partial charge in [0.2, 0.25) is 5.43 Å². The van der Waals surface area contributed by atoms with E-state index in [1.165, 1.54) is 24.4 Å². The van der Waals surface area contributed by atoms with E-state index in [1.54, 1.807) is 15.4 Å². The van der Waals surface area contributed by atoms with Gasteiger partial charge in [-0.15, -0.1) is 0 Å². The summed E-state index contributed by atoms with van der Waals surface area (Å²) in [6.45, 7) is 0.267. The molecule has 2 aromatic heterocycles. The van der Waals surface area contributed by atoms with Crippen LogP contribution in [-0.4, -0.2) is 37.5 Å². The van der Waals surface area contributed by atoms with E-state index in [0.717, 1.165) is 17.7 Å². The van der Waals surface area contributed by atoms with Crippen molar-refractivity contribution in [2.75, 3.05) is 0 Å². The molecule has 8 heteroatoms. The first kappa shape index (κ1) is 21.1. The number of hydrogen-bond acceptors (Lipinski definition) is 4. The Bertz CT molecular complexity index is 1360. The fraction of sp³-hybridized carbons (Fsp3) is 0.240. The number of pyridine rings is 1. The summed E-state index contributed by atoms with van der Waals surface area (Å²) in [5.74, 6) is -1.09. The third kappa shape index (κ3) is 4.05. The minimum atomic E-state index is -0.623. The van der Waals surface area contributed by atoms with Gasteiger partial charge in [0.05, 0.1) is 23.3 Å². The van der Waals surface area contributed by atoms with Crippen LogP contribution in [0.2, 0.25) is 0 Å². The number of para-hydroxylation sites is 1. The van der Waals surface area contributed by atoms with Gasteiger partial charge in [0.25, 0.3) is 5.91 Å². The second-order valence-corrected chi connectivity index (χ2v) is 8.33. The van der Waals surface area contributed by atoms with E-state index in [9.17, 15) is 19.1 Å². The van der Waals surface area contributed by atoms with E-state index in [4.69, 9.17) is 0 Å². The average molecular weight is 446 g/mol. The number of benzene rings is 2. The molecule has 0 unspecified atom stereocenters. The zero-order chi connectivity index (χ0) is 22.9. The number of nitrogens with zero attached hydrogens (tertiary/aromatic N) is 3. The first-order valence-electron chi connectivity index (χ1n) is 10.9. The standard InChI is InChI=1S/C25H23FN4O3/c26-20-5-1-4-18-23(20)29(14-16-8-10-17(11-9-16)30-13-3-12-27-30)15-19(24(18)32)25(33)28-21-6-2-7-22(21)31/h1,3-5,8-13,15,21-22,31H,2,6-7,14H2,(H,28,33)/t21-,22-/m0/s1. The molecule has 0 radical (unpaired) electrons. The molecule has 1 amide bonds. The van der Waals surface area contributed by atoms with E-state index in [0.29, 0.717) is 12.8 Å². The number of rotatable bonds is 5. The Morgan fingerprint density at radius 3 is 2.67 bits per heavy atom. The molecule has 33 heavy (non-hydrogen) atoms. The number of carbonyl (C=O) groups excluding carboxylic acids is 1. The fourth-order valence-electron chi connectivity index (χ4n) is 4.43. The molecule has 2 heterocycles. The lowest BCUT2D eigenvalue weighted by atomic mass is 10.1. The van der Waals surface area contributed by atoms with Gasteiger partial charge in [0.15, 0.2) is 0 Å².